The Morgan fingerprint density at radius 2 is 0.403 bits per heavy atom. The molecular formula is C67H52. The summed E-state index contributed by atoms with van der Waals surface area (Å²) in [5.41, 5.74) is 5.10. The fourth-order valence-electron chi connectivity index (χ4n) is 15.5. The maximum Gasteiger partial charge on any atom is -0.000944 e. The summed E-state index contributed by atoms with van der Waals surface area (Å²) in [6.07, 6.45) is 5.17. The van der Waals surface area contributed by atoms with Crippen LogP contribution in [-0.4, -0.2) is 0 Å². The van der Waals surface area contributed by atoms with E-state index in [1.165, 1.54) is 97.3 Å². The van der Waals surface area contributed by atoms with Gasteiger partial charge >= 0.3 is 0 Å². The van der Waals surface area contributed by atoms with Gasteiger partial charge in [-0.3, -0.25) is 0 Å². The Hall–Kier alpha value is -7.28. The Kier molecular flexibility index (Phi) is 8.20. The predicted molar refractivity (Wildman–Crippen MR) is 287 cm³/mol. The van der Waals surface area contributed by atoms with E-state index in [4.69, 9.17) is 0 Å². The predicted octanol–water partition coefficient (Wildman–Crippen LogP) is 18.0. The lowest BCUT2D eigenvalue weighted by atomic mass is 9.38. The zero-order chi connectivity index (χ0) is 44.5. The molecule has 0 aromatic heterocycles. The Morgan fingerprint density at radius 1 is 0.224 bits per heavy atom. The van der Waals surface area contributed by atoms with Crippen LogP contribution in [0.3, 0.4) is 0 Å². The van der Waals surface area contributed by atoms with E-state index in [-0.39, 0.29) is 21.7 Å². The van der Waals surface area contributed by atoms with Crippen molar-refractivity contribution in [1.82, 2.24) is 0 Å². The van der Waals surface area contributed by atoms with E-state index in [9.17, 15) is 0 Å². The van der Waals surface area contributed by atoms with Crippen molar-refractivity contribution in [3.63, 3.8) is 0 Å². The molecule has 14 rings (SSSR count). The van der Waals surface area contributed by atoms with Crippen LogP contribution in [0.4, 0.5) is 0 Å². The molecule has 2 aliphatic rings. The molecule has 0 amide bonds. The third kappa shape index (κ3) is 5.66. The molecule has 0 unspecified atom stereocenters. The highest BCUT2D eigenvalue weighted by atomic mass is 14.7. The van der Waals surface area contributed by atoms with Gasteiger partial charge in [0.1, 0.15) is 0 Å². The van der Waals surface area contributed by atoms with Crippen molar-refractivity contribution in [2.75, 3.05) is 0 Å². The lowest BCUT2D eigenvalue weighted by molar-refractivity contribution is 0.0213. The molecule has 0 spiro atoms. The van der Waals surface area contributed by atoms with Crippen LogP contribution in [0.2, 0.25) is 0 Å². The van der Waals surface area contributed by atoms with Crippen LogP contribution in [-0.2, 0) is 21.7 Å². The van der Waals surface area contributed by atoms with Gasteiger partial charge in [-0.2, -0.15) is 0 Å². The number of hydrogen-bond donors (Lipinski definition) is 0. The summed E-state index contributed by atoms with van der Waals surface area (Å²) < 4.78 is 0. The Bertz CT molecular complexity index is 3510. The Morgan fingerprint density at radius 3 is 0.612 bits per heavy atom. The molecule has 2 fully saturated rings. The minimum Gasteiger partial charge on any atom is -0.0616 e. The highest BCUT2D eigenvalue weighted by Gasteiger charge is 2.63. The quantitative estimate of drug-likeness (QED) is 0.155. The average Bonchev–Trinajstić information content (AvgIpc) is 3.35. The summed E-state index contributed by atoms with van der Waals surface area (Å²) in [6, 6.07) is 84.4. The maximum atomic E-state index is 2.69. The first kappa shape index (κ1) is 38.9. The van der Waals surface area contributed by atoms with E-state index in [2.05, 4.69) is 232 Å². The van der Waals surface area contributed by atoms with Gasteiger partial charge in [0, 0.05) is 0 Å². The molecule has 0 N–H and O–H groups in total. The lowest BCUT2D eigenvalue weighted by Gasteiger charge is -2.64. The first-order valence-corrected chi connectivity index (χ1v) is 24.5. The Balaban J connectivity index is 1.20. The zero-order valence-corrected chi connectivity index (χ0v) is 38.3. The molecule has 0 atom stereocenters. The normalized spacial score (nSPS) is 23.0. The number of hydrogen-bond acceptors (Lipinski definition) is 0. The molecule has 2 saturated carbocycles. The molecule has 0 heteroatoms. The van der Waals surface area contributed by atoms with E-state index in [1.807, 2.05) is 0 Å². The fourth-order valence-corrected chi connectivity index (χ4v) is 15.5. The first-order chi connectivity index (χ1) is 32.8. The second kappa shape index (κ2) is 14.1. The molecule has 2 aliphatic carbocycles. The highest BCUT2D eigenvalue weighted by Crippen LogP contribution is 2.70. The van der Waals surface area contributed by atoms with Crippen LogP contribution in [0.1, 0.15) is 68.2 Å². The summed E-state index contributed by atoms with van der Waals surface area (Å²) in [5.74, 6) is 0. The number of rotatable bonds is 4. The second-order valence-corrected chi connectivity index (χ2v) is 21.3. The topological polar surface area (TPSA) is 0 Å². The molecule has 12 aromatic rings. The van der Waals surface area contributed by atoms with Crippen molar-refractivity contribution < 1.29 is 0 Å². The first-order valence-electron chi connectivity index (χ1n) is 24.5. The minimum absolute atomic E-state index is 0.239. The van der Waals surface area contributed by atoms with Crippen molar-refractivity contribution in [3.05, 3.63) is 241 Å². The summed E-state index contributed by atoms with van der Waals surface area (Å²) in [5, 5.41) is 21.8. The van der Waals surface area contributed by atoms with Gasteiger partial charge in [0.05, 0.1) is 0 Å². The molecule has 0 heterocycles. The zero-order valence-electron chi connectivity index (χ0n) is 38.3. The molecule has 320 valence electrons. The second-order valence-electron chi connectivity index (χ2n) is 21.3. The SMILES string of the molecule is CC1(c2c3ccccc3cc3ccccc23)CC2(c3c4ccccc4cc4ccccc34)CC(C)(c3c4ccccc4cc4ccccc34)CC(c3c4ccccc4cc4ccccc34)(C1)C2. The average molecular weight is 857 g/mol. The van der Waals surface area contributed by atoms with Gasteiger partial charge in [0.15, 0.2) is 0 Å². The minimum atomic E-state index is -0.269. The summed E-state index contributed by atoms with van der Waals surface area (Å²) >= 11 is 0. The van der Waals surface area contributed by atoms with Gasteiger partial charge in [-0.05, 0) is 186 Å². The van der Waals surface area contributed by atoms with Crippen LogP contribution in [0.5, 0.6) is 0 Å². The van der Waals surface area contributed by atoms with Crippen molar-refractivity contribution in [2.45, 2.75) is 67.6 Å². The van der Waals surface area contributed by atoms with Crippen LogP contribution in [0, 0.1) is 0 Å². The standard InChI is InChI=1S/C67H52/c1-64(60-52-27-11-3-19-44(52)35-45-20-4-12-28-53(45)60)39-66(62-56-31-15-7-23-48(56)37-49-24-8-16-32-57(49)62)41-65(2,61-54-29-13-5-21-46(54)36-47-22-6-14-30-55(47)61)42-67(40-64,43-66)63-58-33-17-9-25-50(58)38-51-26-10-18-34-59(51)63/h3-38H,39-43H2,1-2H3. The number of benzene rings is 12. The summed E-state index contributed by atoms with van der Waals surface area (Å²) in [6.45, 7) is 5.39. The van der Waals surface area contributed by atoms with Crippen molar-refractivity contribution >= 4 is 86.2 Å². The molecule has 0 aliphatic heterocycles. The van der Waals surface area contributed by atoms with Gasteiger partial charge < -0.3 is 0 Å². The molecule has 0 nitrogen and oxygen atoms in total. The monoisotopic (exact) mass is 856 g/mol. The molecule has 0 saturated heterocycles. The van der Waals surface area contributed by atoms with Gasteiger partial charge in [0.25, 0.3) is 0 Å². The van der Waals surface area contributed by atoms with Crippen LogP contribution >= 0.6 is 0 Å². The van der Waals surface area contributed by atoms with E-state index in [1.54, 1.807) is 11.1 Å². The summed E-state index contributed by atoms with van der Waals surface area (Å²) in [4.78, 5) is 0. The van der Waals surface area contributed by atoms with E-state index in [0.717, 1.165) is 32.1 Å². The maximum absolute atomic E-state index is 2.69. The molecule has 2 bridgehead atoms. The highest BCUT2D eigenvalue weighted by molar-refractivity contribution is 6.08. The van der Waals surface area contributed by atoms with Gasteiger partial charge in [-0.25, -0.2) is 0 Å². The van der Waals surface area contributed by atoms with Crippen molar-refractivity contribution in [1.29, 1.82) is 0 Å². The van der Waals surface area contributed by atoms with E-state index in [0.29, 0.717) is 0 Å². The van der Waals surface area contributed by atoms with Crippen LogP contribution < -0.4 is 0 Å². The van der Waals surface area contributed by atoms with Crippen LogP contribution in [0.25, 0.3) is 86.2 Å². The van der Waals surface area contributed by atoms with Crippen LogP contribution in [0.15, 0.2) is 218 Å². The third-order valence-electron chi connectivity index (χ3n) is 16.9. The number of fused-ring (bicyclic) bond motifs is 10. The molecule has 12 aromatic carbocycles. The van der Waals surface area contributed by atoms with Gasteiger partial charge in [0.2, 0.25) is 0 Å². The fraction of sp³-hybridized carbons (Fsp3) is 0.164. The molecule has 67 heavy (non-hydrogen) atoms. The Labute approximate surface area is 392 Å². The van der Waals surface area contributed by atoms with Gasteiger partial charge in [-0.1, -0.05) is 208 Å². The van der Waals surface area contributed by atoms with Gasteiger partial charge in [-0.15, -0.1) is 0 Å². The largest absolute Gasteiger partial charge is 0.0616 e. The van der Waals surface area contributed by atoms with E-state index >= 15 is 0 Å². The van der Waals surface area contributed by atoms with Crippen molar-refractivity contribution in [2.24, 2.45) is 0 Å². The molecule has 0 radical (unpaired) electrons. The lowest BCUT2D eigenvalue weighted by Crippen LogP contribution is -2.59. The molecular weight excluding hydrogens is 805 g/mol. The summed E-state index contributed by atoms with van der Waals surface area (Å²) in [7, 11) is 0. The smallest absolute Gasteiger partial charge is 0.000944 e. The van der Waals surface area contributed by atoms with E-state index < -0.39 is 0 Å². The third-order valence-corrected chi connectivity index (χ3v) is 16.9. The van der Waals surface area contributed by atoms with Crippen molar-refractivity contribution in [3.8, 4) is 0 Å².